The minimum absolute atomic E-state index is 2.05. The highest BCUT2D eigenvalue weighted by molar-refractivity contribution is 4.46. The number of nitrogens with zero attached hydrogens (tertiary/aromatic N) is 3. The summed E-state index contributed by atoms with van der Waals surface area (Å²) >= 11 is 0. The first-order chi connectivity index (χ1) is 6.81. The normalized spacial score (nSPS) is 30.1. The Balaban J connectivity index is 5.61. The quantitative estimate of drug-likeness (QED) is 0.337. The minimum Gasteiger partial charge on any atom is -0.330 e. The van der Waals surface area contributed by atoms with Gasteiger partial charge in [0.15, 0.2) is 0 Å². The van der Waals surface area contributed by atoms with Crippen LogP contribution in [-0.2, 0) is 0 Å². The molecule has 0 heterocycles. The third-order valence-corrected chi connectivity index (χ3v) is 0.285. The molecule has 8 heavy (non-hydrogen) atoms. The maximum atomic E-state index is 8.04. The molecule has 4 heteroatoms. The van der Waals surface area contributed by atoms with E-state index < -0.39 is 25.7 Å². The van der Waals surface area contributed by atoms with Gasteiger partial charge in [0.25, 0.3) is 0 Å². The van der Waals surface area contributed by atoms with Gasteiger partial charge in [-0.25, -0.2) is 0 Å². The van der Waals surface area contributed by atoms with Crippen molar-refractivity contribution < 1.29 is 11.0 Å². The van der Waals surface area contributed by atoms with Crippen molar-refractivity contribution in [2.45, 2.75) is 12.7 Å². The lowest BCUT2D eigenvalue weighted by Gasteiger charge is -1.87. The van der Waals surface area contributed by atoms with Crippen molar-refractivity contribution in [3.63, 3.8) is 0 Å². The summed E-state index contributed by atoms with van der Waals surface area (Å²) in [4.78, 5) is 2.05. The van der Waals surface area contributed by atoms with E-state index in [2.05, 4.69) is 5.11 Å². The molecule has 0 aliphatic heterocycles. The van der Waals surface area contributed by atoms with Crippen LogP contribution in [0.15, 0.2) is 5.11 Å². The van der Waals surface area contributed by atoms with E-state index in [1.165, 1.54) is 0 Å². The van der Waals surface area contributed by atoms with Crippen LogP contribution in [-0.4, -0.2) is 13.0 Å². The number of hydrogen-bond acceptors (Lipinski definition) is 2. The molecule has 0 unspecified atom stereocenters. The van der Waals surface area contributed by atoms with Crippen LogP contribution in [0.1, 0.15) is 23.7 Å². The molecule has 0 atom stereocenters. The number of nitrogens with two attached hydrogens (primary N) is 1. The highest BCUT2D eigenvalue weighted by Crippen LogP contribution is 1.85. The van der Waals surface area contributed by atoms with Crippen LogP contribution >= 0.6 is 0 Å². The fourth-order valence-corrected chi connectivity index (χ4v) is 0.111. The predicted molar refractivity (Wildman–Crippen MR) is 32.3 cm³/mol. The zero-order valence-corrected chi connectivity index (χ0v) is 3.92. The van der Waals surface area contributed by atoms with Gasteiger partial charge < -0.3 is 5.73 Å². The second-order valence-corrected chi connectivity index (χ2v) is 0.696. The average molecular weight is 122 g/mol. The smallest absolute Gasteiger partial charge is 0.0425 e. The summed E-state index contributed by atoms with van der Waals surface area (Å²) in [6.07, 6.45) is -6.80. The van der Waals surface area contributed by atoms with Crippen molar-refractivity contribution in [2.24, 2.45) is 10.8 Å². The molecule has 0 aromatic carbocycles. The number of rotatable bonds is 4. The summed E-state index contributed by atoms with van der Waals surface area (Å²) in [6, 6.07) is 0. The van der Waals surface area contributed by atoms with Gasteiger partial charge in [0, 0.05) is 22.4 Å². The zero-order chi connectivity index (χ0) is 13.4. The van der Waals surface area contributed by atoms with Crippen LogP contribution in [0.25, 0.3) is 10.4 Å². The molecule has 0 bridgehead atoms. The van der Waals surface area contributed by atoms with Gasteiger partial charge in [-0.1, -0.05) is 5.11 Å². The molecule has 4 nitrogen and oxygen atoms in total. The summed E-state index contributed by atoms with van der Waals surface area (Å²) < 4.78 is 56.8. The van der Waals surface area contributed by atoms with Crippen molar-refractivity contribution in [1.82, 2.24) is 0 Å². The second-order valence-electron chi connectivity index (χ2n) is 0.696. The standard InChI is InChI=1S/C4H10N4/c5-3-1-2-4-7-8-6/h1-5H2/i1D2,2D2,3D2,4D2. The van der Waals surface area contributed by atoms with Crippen molar-refractivity contribution >= 4 is 0 Å². The summed E-state index contributed by atoms with van der Waals surface area (Å²) in [5, 5.41) is 2.48. The molecular formula is C4H10N4. The van der Waals surface area contributed by atoms with Gasteiger partial charge in [-0.3, -0.25) is 0 Å². The van der Waals surface area contributed by atoms with Crippen molar-refractivity contribution in [3.8, 4) is 0 Å². The molecule has 46 valence electrons. The zero-order valence-electron chi connectivity index (χ0n) is 11.9. The largest absolute Gasteiger partial charge is 0.330 e. The lowest BCUT2D eigenvalue weighted by Crippen LogP contribution is -1.98. The van der Waals surface area contributed by atoms with Crippen molar-refractivity contribution in [2.75, 3.05) is 13.0 Å². The summed E-state index contributed by atoms with van der Waals surface area (Å²) in [5.74, 6) is 0. The van der Waals surface area contributed by atoms with E-state index in [1.807, 2.05) is 4.91 Å². The summed E-state index contributed by atoms with van der Waals surface area (Å²) in [6.45, 7) is -6.40. The van der Waals surface area contributed by atoms with Gasteiger partial charge >= 0.3 is 0 Å². The Bertz CT molecular complexity index is 312. The molecule has 0 saturated carbocycles. The molecule has 2 N–H and O–H groups in total. The fraction of sp³-hybridized carbons (Fsp3) is 1.00. The Morgan fingerprint density at radius 2 is 2.50 bits per heavy atom. The third kappa shape index (κ3) is 5.27. The van der Waals surface area contributed by atoms with E-state index in [0.29, 0.717) is 0 Å². The first kappa shape index (κ1) is 1.40. The maximum Gasteiger partial charge on any atom is 0.0425 e. The fourth-order valence-electron chi connectivity index (χ4n) is 0.111. The third-order valence-electron chi connectivity index (χ3n) is 0.285. The Labute approximate surface area is 59.5 Å². The van der Waals surface area contributed by atoms with E-state index in [1.54, 1.807) is 0 Å². The number of hydrogen-bond donors (Lipinski definition) is 1. The molecule has 0 aromatic heterocycles. The lowest BCUT2D eigenvalue weighted by molar-refractivity contribution is 0.752. The van der Waals surface area contributed by atoms with Crippen LogP contribution in [0.3, 0.4) is 0 Å². The van der Waals surface area contributed by atoms with Gasteiger partial charge in [0.05, 0.1) is 0 Å². The molecule has 0 radical (unpaired) electrons. The monoisotopic (exact) mass is 122 g/mol. The molecule has 0 spiro atoms. The first-order valence-electron chi connectivity index (χ1n) is 5.66. The van der Waals surface area contributed by atoms with Crippen LogP contribution in [0, 0.1) is 0 Å². The molecule has 0 amide bonds. The summed E-state index contributed by atoms with van der Waals surface area (Å²) in [5.41, 5.74) is 12.8. The molecule has 0 fully saturated rings. The van der Waals surface area contributed by atoms with E-state index in [-0.39, 0.29) is 0 Å². The Kier molecular flexibility index (Phi) is 1.10. The molecule has 0 aromatic rings. The predicted octanol–water partition coefficient (Wildman–Crippen LogP) is 1.04. The van der Waals surface area contributed by atoms with Gasteiger partial charge in [-0.05, 0) is 24.8 Å². The van der Waals surface area contributed by atoms with Crippen molar-refractivity contribution in [1.29, 1.82) is 0 Å². The van der Waals surface area contributed by atoms with E-state index in [4.69, 9.17) is 22.2 Å². The summed E-state index contributed by atoms with van der Waals surface area (Å²) in [7, 11) is 0. The number of azide groups is 1. The SMILES string of the molecule is [2H]C([2H])(N)C([2H])([2H])C([2H])([2H])C([2H])([2H])N=[N+]=[N-]. The Morgan fingerprint density at radius 1 is 1.75 bits per heavy atom. The van der Waals surface area contributed by atoms with Crippen molar-refractivity contribution in [3.05, 3.63) is 10.4 Å². The van der Waals surface area contributed by atoms with E-state index >= 15 is 0 Å². The molecular weight excluding hydrogens is 104 g/mol. The highest BCUT2D eigenvalue weighted by atomic mass is 15.1. The molecule has 0 aliphatic carbocycles. The lowest BCUT2D eigenvalue weighted by atomic mass is 10.3. The Morgan fingerprint density at radius 3 is 3.00 bits per heavy atom. The maximum absolute atomic E-state index is 8.04. The molecule has 0 rings (SSSR count). The molecule has 0 aliphatic rings. The topological polar surface area (TPSA) is 74.8 Å². The minimum atomic E-state index is -3.43. The molecule has 0 saturated heterocycles. The Hall–Kier alpha value is -0.730. The van der Waals surface area contributed by atoms with E-state index in [0.717, 1.165) is 0 Å². The van der Waals surface area contributed by atoms with Crippen LogP contribution in [0.4, 0.5) is 0 Å². The first-order valence-corrected chi connectivity index (χ1v) is 1.66. The van der Waals surface area contributed by atoms with E-state index in [9.17, 15) is 0 Å². The van der Waals surface area contributed by atoms with Gasteiger partial charge in [0.2, 0.25) is 0 Å². The average Bonchev–Trinajstić information content (AvgIpc) is 2.01. The van der Waals surface area contributed by atoms with Crippen LogP contribution in [0.2, 0.25) is 0 Å². The van der Waals surface area contributed by atoms with Gasteiger partial charge in [-0.2, -0.15) is 0 Å². The van der Waals surface area contributed by atoms with Gasteiger partial charge in [-0.15, -0.1) is 0 Å². The second kappa shape index (κ2) is 6.27. The van der Waals surface area contributed by atoms with Crippen LogP contribution in [0.5, 0.6) is 0 Å². The highest BCUT2D eigenvalue weighted by Gasteiger charge is 1.79. The van der Waals surface area contributed by atoms with Gasteiger partial charge in [0.1, 0.15) is 0 Å². The van der Waals surface area contributed by atoms with Crippen LogP contribution < -0.4 is 5.73 Å².